The van der Waals surface area contributed by atoms with Gasteiger partial charge in [0, 0.05) is 17.3 Å². The Balaban J connectivity index is 2.48. The van der Waals surface area contributed by atoms with E-state index in [9.17, 15) is 4.79 Å². The molecule has 0 spiro atoms. The van der Waals surface area contributed by atoms with E-state index in [1.165, 1.54) is 32.8 Å². The largest absolute Gasteiger partial charge is 0.469 e. The van der Waals surface area contributed by atoms with Crippen LogP contribution in [0.3, 0.4) is 0 Å². The summed E-state index contributed by atoms with van der Waals surface area (Å²) in [7, 11) is 1.46. The molecule has 1 aliphatic carbocycles. The first kappa shape index (κ1) is 14.8. The van der Waals surface area contributed by atoms with Crippen LogP contribution >= 0.6 is 11.8 Å². The smallest absolute Gasteiger partial charge is 0.309 e. The van der Waals surface area contributed by atoms with E-state index in [4.69, 9.17) is 4.74 Å². The average molecular weight is 259 g/mol. The van der Waals surface area contributed by atoms with Crippen LogP contribution in [-0.4, -0.2) is 36.7 Å². The minimum atomic E-state index is -0.124. The zero-order valence-electron chi connectivity index (χ0n) is 11.4. The van der Waals surface area contributed by atoms with Crippen molar-refractivity contribution in [3.05, 3.63) is 0 Å². The second-order valence-electron chi connectivity index (χ2n) is 4.93. The summed E-state index contributed by atoms with van der Waals surface area (Å²) in [4.78, 5) is 11.5. The van der Waals surface area contributed by atoms with E-state index < -0.39 is 0 Å². The Morgan fingerprint density at radius 3 is 2.59 bits per heavy atom. The molecule has 0 aromatic heterocycles. The molecule has 0 saturated heterocycles. The summed E-state index contributed by atoms with van der Waals surface area (Å²) in [6.07, 6.45) is 7.33. The van der Waals surface area contributed by atoms with Crippen LogP contribution < -0.4 is 5.32 Å². The highest BCUT2D eigenvalue weighted by Crippen LogP contribution is 2.27. The molecule has 0 bridgehead atoms. The third kappa shape index (κ3) is 4.18. The van der Waals surface area contributed by atoms with Crippen molar-refractivity contribution >= 4 is 17.7 Å². The van der Waals surface area contributed by atoms with Gasteiger partial charge in [-0.15, -0.1) is 0 Å². The lowest BCUT2D eigenvalue weighted by atomic mass is 9.93. The van der Waals surface area contributed by atoms with Gasteiger partial charge in [-0.05, 0) is 26.0 Å². The van der Waals surface area contributed by atoms with Crippen molar-refractivity contribution < 1.29 is 9.53 Å². The quantitative estimate of drug-likeness (QED) is 0.770. The number of thioether (sulfide) groups is 1. The predicted octanol–water partition coefficient (Wildman–Crippen LogP) is 2.45. The maximum Gasteiger partial charge on any atom is 0.309 e. The minimum Gasteiger partial charge on any atom is -0.469 e. The van der Waals surface area contributed by atoms with Crippen LogP contribution in [-0.2, 0) is 9.53 Å². The summed E-state index contributed by atoms with van der Waals surface area (Å²) < 4.78 is 4.79. The average Bonchev–Trinajstić information content (AvgIpc) is 2.37. The molecule has 0 heterocycles. The van der Waals surface area contributed by atoms with Crippen molar-refractivity contribution in [2.45, 2.75) is 56.9 Å². The van der Waals surface area contributed by atoms with Gasteiger partial charge in [0.2, 0.25) is 0 Å². The molecule has 0 radical (unpaired) electrons. The monoisotopic (exact) mass is 259 g/mol. The summed E-state index contributed by atoms with van der Waals surface area (Å²) in [6.45, 7) is 4.01. The minimum absolute atomic E-state index is 0.0792. The van der Waals surface area contributed by atoms with E-state index in [1.54, 1.807) is 0 Å². The molecule has 17 heavy (non-hydrogen) atoms. The van der Waals surface area contributed by atoms with E-state index in [1.807, 2.05) is 18.7 Å². The Morgan fingerprint density at radius 2 is 2.00 bits per heavy atom. The highest BCUT2D eigenvalue weighted by molar-refractivity contribution is 7.99. The van der Waals surface area contributed by atoms with Gasteiger partial charge in [0.25, 0.3) is 0 Å². The number of hydrogen-bond acceptors (Lipinski definition) is 4. The standard InChI is InChI=1S/C13H25NO2S/c1-9(13(15)16-3)10(2)14-11-7-5-6-8-12(11)17-4/h9-12,14H,5-8H2,1-4H3. The highest BCUT2D eigenvalue weighted by atomic mass is 32.2. The fraction of sp³-hybridized carbons (Fsp3) is 0.923. The molecule has 0 aliphatic heterocycles. The Hall–Kier alpha value is -0.220. The first-order valence-corrected chi connectivity index (χ1v) is 7.75. The Morgan fingerprint density at radius 1 is 1.35 bits per heavy atom. The molecular formula is C13H25NO2S. The molecule has 4 unspecified atom stereocenters. The van der Waals surface area contributed by atoms with Crippen molar-refractivity contribution in [1.82, 2.24) is 5.32 Å². The Labute approximate surface area is 109 Å². The fourth-order valence-electron chi connectivity index (χ4n) is 2.44. The van der Waals surface area contributed by atoms with Crippen LogP contribution in [0.15, 0.2) is 0 Å². The van der Waals surface area contributed by atoms with Crippen molar-refractivity contribution in [2.75, 3.05) is 13.4 Å². The Kier molecular flexibility index (Phi) is 6.34. The lowest BCUT2D eigenvalue weighted by Crippen LogP contribution is -2.48. The van der Waals surface area contributed by atoms with Gasteiger partial charge in [-0.2, -0.15) is 11.8 Å². The third-order valence-electron chi connectivity index (χ3n) is 3.81. The number of methoxy groups -OCH3 is 1. The zero-order valence-corrected chi connectivity index (χ0v) is 12.2. The number of esters is 1. The van der Waals surface area contributed by atoms with Crippen LogP contribution in [0.1, 0.15) is 39.5 Å². The topological polar surface area (TPSA) is 38.3 Å². The molecule has 1 fully saturated rings. The molecule has 0 aromatic rings. The van der Waals surface area contributed by atoms with E-state index >= 15 is 0 Å². The first-order valence-electron chi connectivity index (χ1n) is 6.46. The highest BCUT2D eigenvalue weighted by Gasteiger charge is 2.28. The molecule has 1 aliphatic rings. The number of carbonyl (C=O) groups is 1. The summed E-state index contributed by atoms with van der Waals surface area (Å²) in [5.41, 5.74) is 0. The van der Waals surface area contributed by atoms with Crippen molar-refractivity contribution in [3.63, 3.8) is 0 Å². The Bertz CT molecular complexity index is 248. The normalized spacial score (nSPS) is 28.5. The maximum atomic E-state index is 11.5. The van der Waals surface area contributed by atoms with Crippen molar-refractivity contribution in [1.29, 1.82) is 0 Å². The maximum absolute atomic E-state index is 11.5. The molecule has 0 aromatic carbocycles. The third-order valence-corrected chi connectivity index (χ3v) is 4.97. The van der Waals surface area contributed by atoms with Gasteiger partial charge in [-0.25, -0.2) is 0 Å². The van der Waals surface area contributed by atoms with Gasteiger partial charge in [0.15, 0.2) is 0 Å². The summed E-state index contributed by atoms with van der Waals surface area (Å²) in [5.74, 6) is -0.203. The molecule has 4 atom stereocenters. The van der Waals surface area contributed by atoms with Crippen LogP contribution in [0.5, 0.6) is 0 Å². The number of nitrogens with one attached hydrogen (secondary N) is 1. The molecule has 0 amide bonds. The van der Waals surface area contributed by atoms with E-state index in [-0.39, 0.29) is 17.9 Å². The lowest BCUT2D eigenvalue weighted by Gasteiger charge is -2.34. The SMILES string of the molecule is COC(=O)C(C)C(C)NC1CCCCC1SC. The van der Waals surface area contributed by atoms with E-state index in [0.717, 1.165) is 0 Å². The number of rotatable bonds is 5. The van der Waals surface area contributed by atoms with E-state index in [2.05, 4.69) is 18.5 Å². The summed E-state index contributed by atoms with van der Waals surface area (Å²) in [6, 6.07) is 0.723. The van der Waals surface area contributed by atoms with Gasteiger partial charge in [0.05, 0.1) is 13.0 Å². The predicted molar refractivity (Wildman–Crippen MR) is 73.3 cm³/mol. The van der Waals surface area contributed by atoms with Crippen LogP contribution in [0.4, 0.5) is 0 Å². The molecule has 100 valence electrons. The van der Waals surface area contributed by atoms with Crippen LogP contribution in [0.2, 0.25) is 0 Å². The summed E-state index contributed by atoms with van der Waals surface area (Å²) >= 11 is 1.94. The van der Waals surface area contributed by atoms with Gasteiger partial charge in [-0.3, -0.25) is 4.79 Å². The van der Waals surface area contributed by atoms with Crippen LogP contribution in [0, 0.1) is 5.92 Å². The van der Waals surface area contributed by atoms with Crippen molar-refractivity contribution in [3.8, 4) is 0 Å². The van der Waals surface area contributed by atoms with E-state index in [0.29, 0.717) is 11.3 Å². The lowest BCUT2D eigenvalue weighted by molar-refractivity contribution is -0.145. The molecule has 3 nitrogen and oxygen atoms in total. The van der Waals surface area contributed by atoms with Crippen molar-refractivity contribution in [2.24, 2.45) is 5.92 Å². The number of ether oxygens (including phenoxy) is 1. The number of hydrogen-bond donors (Lipinski definition) is 1. The van der Waals surface area contributed by atoms with Gasteiger partial charge in [-0.1, -0.05) is 19.8 Å². The van der Waals surface area contributed by atoms with Gasteiger partial charge < -0.3 is 10.1 Å². The molecular weight excluding hydrogens is 234 g/mol. The molecule has 1 saturated carbocycles. The fourth-order valence-corrected chi connectivity index (χ4v) is 3.39. The number of carbonyl (C=O) groups excluding carboxylic acids is 1. The first-order chi connectivity index (χ1) is 8.10. The van der Waals surface area contributed by atoms with Gasteiger partial charge >= 0.3 is 5.97 Å². The zero-order chi connectivity index (χ0) is 12.8. The molecule has 1 N–H and O–H groups in total. The molecule has 4 heteroatoms. The molecule has 1 rings (SSSR count). The van der Waals surface area contributed by atoms with Gasteiger partial charge in [0.1, 0.15) is 0 Å². The van der Waals surface area contributed by atoms with Crippen LogP contribution in [0.25, 0.3) is 0 Å². The summed E-state index contributed by atoms with van der Waals surface area (Å²) in [5, 5.41) is 4.30. The second-order valence-corrected chi connectivity index (χ2v) is 6.01. The second kappa shape index (κ2) is 7.27.